The summed E-state index contributed by atoms with van der Waals surface area (Å²) in [6.07, 6.45) is 1.03. The van der Waals surface area contributed by atoms with E-state index in [1.54, 1.807) is 0 Å². The molecule has 1 N–H and O–H groups in total. The van der Waals surface area contributed by atoms with E-state index in [9.17, 15) is 4.79 Å². The molecule has 1 aliphatic heterocycles. The highest BCUT2D eigenvalue weighted by atomic mass is 16.2. The Hall–Kier alpha value is -3.41. The van der Waals surface area contributed by atoms with Gasteiger partial charge >= 0.3 is 6.03 Å². The molecule has 6 heteroatoms. The zero-order valence-corrected chi connectivity index (χ0v) is 18.4. The lowest BCUT2D eigenvalue weighted by molar-refractivity contribution is 0.208. The maximum absolute atomic E-state index is 12.7. The summed E-state index contributed by atoms with van der Waals surface area (Å²) in [4.78, 5) is 16.7. The van der Waals surface area contributed by atoms with Gasteiger partial charge in [-0.05, 0) is 55.2 Å². The van der Waals surface area contributed by atoms with Crippen LogP contribution in [0.2, 0.25) is 0 Å². The summed E-state index contributed by atoms with van der Waals surface area (Å²) >= 11 is 0. The van der Waals surface area contributed by atoms with Gasteiger partial charge in [0.15, 0.2) is 5.82 Å². The maximum Gasteiger partial charge on any atom is 0.321 e. The van der Waals surface area contributed by atoms with Crippen LogP contribution in [0.25, 0.3) is 11.3 Å². The Balaban J connectivity index is 1.35. The SMILES string of the molecule is CCc1ccc(-c2ccc(N3CCN(C(=O)Nc4cccc(C)c4C)CC3)nn2)cc1. The van der Waals surface area contributed by atoms with E-state index in [0.29, 0.717) is 13.1 Å². The van der Waals surface area contributed by atoms with E-state index in [4.69, 9.17) is 0 Å². The molecule has 0 aliphatic carbocycles. The van der Waals surface area contributed by atoms with E-state index < -0.39 is 0 Å². The molecule has 2 heterocycles. The molecule has 4 rings (SSSR count). The summed E-state index contributed by atoms with van der Waals surface area (Å²) in [7, 11) is 0. The van der Waals surface area contributed by atoms with Crippen LogP contribution in [0.15, 0.2) is 54.6 Å². The number of nitrogens with zero attached hydrogens (tertiary/aromatic N) is 4. The maximum atomic E-state index is 12.7. The number of piperazine rings is 1. The van der Waals surface area contributed by atoms with Gasteiger partial charge in [0.2, 0.25) is 0 Å². The van der Waals surface area contributed by atoms with Gasteiger partial charge in [0.25, 0.3) is 0 Å². The van der Waals surface area contributed by atoms with Crippen molar-refractivity contribution < 1.29 is 4.79 Å². The lowest BCUT2D eigenvalue weighted by atomic mass is 10.1. The van der Waals surface area contributed by atoms with Gasteiger partial charge in [-0.15, -0.1) is 10.2 Å². The van der Waals surface area contributed by atoms with E-state index in [0.717, 1.165) is 47.8 Å². The van der Waals surface area contributed by atoms with E-state index in [2.05, 4.69) is 64.6 Å². The summed E-state index contributed by atoms with van der Waals surface area (Å²) < 4.78 is 0. The Kier molecular flexibility index (Phi) is 6.16. The van der Waals surface area contributed by atoms with E-state index in [1.807, 2.05) is 36.1 Å². The van der Waals surface area contributed by atoms with Crippen molar-refractivity contribution in [2.45, 2.75) is 27.2 Å². The Morgan fingerprint density at radius 2 is 1.68 bits per heavy atom. The van der Waals surface area contributed by atoms with E-state index in [1.165, 1.54) is 11.1 Å². The average molecular weight is 416 g/mol. The standard InChI is InChI=1S/C25H29N5O/c1-4-20-8-10-21(11-9-20)23-12-13-24(28-27-23)29-14-16-30(17-15-29)25(31)26-22-7-5-6-18(2)19(22)3/h5-13H,4,14-17H2,1-3H3,(H,26,31). The molecule has 31 heavy (non-hydrogen) atoms. The smallest absolute Gasteiger partial charge is 0.321 e. The molecule has 0 unspecified atom stereocenters. The highest BCUT2D eigenvalue weighted by Gasteiger charge is 2.22. The zero-order chi connectivity index (χ0) is 21.8. The number of aryl methyl sites for hydroxylation is 2. The van der Waals surface area contributed by atoms with Crippen molar-refractivity contribution in [2.75, 3.05) is 36.4 Å². The van der Waals surface area contributed by atoms with Crippen molar-refractivity contribution in [1.82, 2.24) is 15.1 Å². The first-order valence-corrected chi connectivity index (χ1v) is 10.9. The zero-order valence-electron chi connectivity index (χ0n) is 18.4. The van der Waals surface area contributed by atoms with Crippen LogP contribution >= 0.6 is 0 Å². The second-order valence-corrected chi connectivity index (χ2v) is 7.98. The Bertz CT molecular complexity index is 1040. The molecule has 0 spiro atoms. The molecule has 0 saturated carbocycles. The minimum absolute atomic E-state index is 0.0506. The third-order valence-electron chi connectivity index (χ3n) is 6.05. The molecule has 1 fully saturated rings. The van der Waals surface area contributed by atoms with Crippen LogP contribution in [-0.2, 0) is 6.42 Å². The minimum atomic E-state index is -0.0506. The van der Waals surface area contributed by atoms with Crippen LogP contribution in [0.3, 0.4) is 0 Å². The van der Waals surface area contributed by atoms with Gasteiger partial charge in [-0.2, -0.15) is 0 Å². The molecule has 2 aromatic carbocycles. The molecular weight excluding hydrogens is 386 g/mol. The first-order valence-electron chi connectivity index (χ1n) is 10.9. The topological polar surface area (TPSA) is 61.4 Å². The van der Waals surface area contributed by atoms with Crippen molar-refractivity contribution >= 4 is 17.5 Å². The van der Waals surface area contributed by atoms with E-state index in [-0.39, 0.29) is 6.03 Å². The van der Waals surface area contributed by atoms with Crippen LogP contribution in [-0.4, -0.2) is 47.3 Å². The molecule has 1 aromatic heterocycles. The molecule has 160 valence electrons. The highest BCUT2D eigenvalue weighted by Crippen LogP contribution is 2.21. The molecule has 2 amide bonds. The summed E-state index contributed by atoms with van der Waals surface area (Å²) in [5, 5.41) is 11.9. The second kappa shape index (κ2) is 9.16. The molecule has 0 bridgehead atoms. The molecule has 0 atom stereocenters. The predicted molar refractivity (Wildman–Crippen MR) is 126 cm³/mol. The summed E-state index contributed by atoms with van der Waals surface area (Å²) in [5.41, 5.74) is 6.41. The summed E-state index contributed by atoms with van der Waals surface area (Å²) in [6, 6.07) is 18.4. The van der Waals surface area contributed by atoms with Crippen LogP contribution in [0.5, 0.6) is 0 Å². The number of aromatic nitrogens is 2. The Morgan fingerprint density at radius 1 is 0.935 bits per heavy atom. The van der Waals surface area contributed by atoms with E-state index >= 15 is 0 Å². The van der Waals surface area contributed by atoms with Crippen molar-refractivity contribution in [3.63, 3.8) is 0 Å². The largest absolute Gasteiger partial charge is 0.352 e. The second-order valence-electron chi connectivity index (χ2n) is 7.98. The molecule has 6 nitrogen and oxygen atoms in total. The van der Waals surface area contributed by atoms with Crippen LogP contribution in [0.4, 0.5) is 16.3 Å². The van der Waals surface area contributed by atoms with Crippen LogP contribution < -0.4 is 10.2 Å². The molecular formula is C25H29N5O. The lowest BCUT2D eigenvalue weighted by Gasteiger charge is -2.35. The number of rotatable bonds is 4. The highest BCUT2D eigenvalue weighted by molar-refractivity contribution is 5.90. The van der Waals surface area contributed by atoms with Crippen molar-refractivity contribution in [3.05, 3.63) is 71.3 Å². The number of benzene rings is 2. The van der Waals surface area contributed by atoms with Crippen molar-refractivity contribution in [1.29, 1.82) is 0 Å². The summed E-state index contributed by atoms with van der Waals surface area (Å²) in [6.45, 7) is 9.01. The van der Waals surface area contributed by atoms with Crippen LogP contribution in [0, 0.1) is 13.8 Å². The molecule has 1 saturated heterocycles. The van der Waals surface area contributed by atoms with Crippen molar-refractivity contribution in [3.8, 4) is 11.3 Å². The van der Waals surface area contributed by atoms with Gasteiger partial charge in [0.1, 0.15) is 0 Å². The third kappa shape index (κ3) is 4.68. The quantitative estimate of drug-likeness (QED) is 0.672. The van der Waals surface area contributed by atoms with Gasteiger partial charge in [-0.1, -0.05) is 43.3 Å². The van der Waals surface area contributed by atoms with Crippen LogP contribution in [0.1, 0.15) is 23.6 Å². The van der Waals surface area contributed by atoms with Gasteiger partial charge in [-0.3, -0.25) is 0 Å². The predicted octanol–water partition coefficient (Wildman–Crippen LogP) is 4.68. The summed E-state index contributed by atoms with van der Waals surface area (Å²) in [5.74, 6) is 0.850. The number of carbonyl (C=O) groups is 1. The number of amides is 2. The average Bonchev–Trinajstić information content (AvgIpc) is 2.82. The lowest BCUT2D eigenvalue weighted by Crippen LogP contribution is -2.50. The number of hydrogen-bond acceptors (Lipinski definition) is 4. The normalized spacial score (nSPS) is 13.9. The third-order valence-corrected chi connectivity index (χ3v) is 6.05. The fourth-order valence-corrected chi connectivity index (χ4v) is 3.78. The molecule has 0 radical (unpaired) electrons. The van der Waals surface area contributed by atoms with Crippen molar-refractivity contribution in [2.24, 2.45) is 0 Å². The first kappa shape index (κ1) is 20.8. The number of carbonyl (C=O) groups excluding carboxylic acids is 1. The number of hydrogen-bond donors (Lipinski definition) is 1. The first-order chi connectivity index (χ1) is 15.0. The minimum Gasteiger partial charge on any atom is -0.352 e. The van der Waals surface area contributed by atoms with Gasteiger partial charge < -0.3 is 15.1 Å². The number of urea groups is 1. The fourth-order valence-electron chi connectivity index (χ4n) is 3.78. The monoisotopic (exact) mass is 415 g/mol. The molecule has 1 aliphatic rings. The Morgan fingerprint density at radius 3 is 2.32 bits per heavy atom. The van der Waals surface area contributed by atoms with Gasteiger partial charge in [0.05, 0.1) is 5.69 Å². The number of nitrogens with one attached hydrogen (secondary N) is 1. The Labute approximate surface area is 183 Å². The number of anilines is 2. The fraction of sp³-hybridized carbons (Fsp3) is 0.320. The van der Waals surface area contributed by atoms with Gasteiger partial charge in [0, 0.05) is 37.4 Å². The molecule has 3 aromatic rings. The van der Waals surface area contributed by atoms with Gasteiger partial charge in [-0.25, -0.2) is 4.79 Å².